The van der Waals surface area contributed by atoms with Crippen LogP contribution < -0.4 is 10.1 Å². The van der Waals surface area contributed by atoms with E-state index in [1.165, 1.54) is 0 Å². The molecule has 0 aliphatic carbocycles. The fraction of sp³-hybridized carbons (Fsp3) is 0.250. The first-order valence-electron chi connectivity index (χ1n) is 5.28. The summed E-state index contributed by atoms with van der Waals surface area (Å²) in [4.78, 5) is 4.29. The molecule has 0 saturated heterocycles. The lowest BCUT2D eigenvalue weighted by Crippen LogP contribution is -2.02. The van der Waals surface area contributed by atoms with Crippen molar-refractivity contribution in [2.24, 2.45) is 0 Å². The minimum Gasteiger partial charge on any atom is -0.497 e. The largest absolute Gasteiger partial charge is 0.497 e. The summed E-state index contributed by atoms with van der Waals surface area (Å²) in [6, 6.07) is 7.63. The van der Waals surface area contributed by atoms with Gasteiger partial charge >= 0.3 is 0 Å². The summed E-state index contributed by atoms with van der Waals surface area (Å²) in [5, 5.41) is 11.2. The van der Waals surface area contributed by atoms with Gasteiger partial charge in [0.25, 0.3) is 0 Å². The lowest BCUT2D eigenvalue weighted by Gasteiger charge is -2.07. The highest BCUT2D eigenvalue weighted by Gasteiger charge is 2.08. The van der Waals surface area contributed by atoms with Gasteiger partial charge in [-0.15, -0.1) is 10.2 Å². The zero-order valence-electron chi connectivity index (χ0n) is 10.1. The Labute approximate surface area is 99.9 Å². The van der Waals surface area contributed by atoms with Crippen molar-refractivity contribution in [3.63, 3.8) is 0 Å². The molecule has 0 aliphatic rings. The van der Waals surface area contributed by atoms with E-state index in [1.807, 2.05) is 38.2 Å². The van der Waals surface area contributed by atoms with Crippen LogP contribution in [0.15, 0.2) is 24.3 Å². The summed E-state index contributed by atoms with van der Waals surface area (Å²) in [7, 11) is 3.46. The molecule has 1 aromatic heterocycles. The van der Waals surface area contributed by atoms with Crippen LogP contribution in [0.5, 0.6) is 5.75 Å². The van der Waals surface area contributed by atoms with Crippen LogP contribution in [0.3, 0.4) is 0 Å². The van der Waals surface area contributed by atoms with E-state index in [1.54, 1.807) is 7.11 Å². The van der Waals surface area contributed by atoms with E-state index in [-0.39, 0.29) is 0 Å². The van der Waals surface area contributed by atoms with Crippen molar-refractivity contribution < 1.29 is 4.74 Å². The Hall–Kier alpha value is -2.17. The average molecular weight is 230 g/mol. The Morgan fingerprint density at radius 3 is 2.41 bits per heavy atom. The van der Waals surface area contributed by atoms with Crippen molar-refractivity contribution in [2.45, 2.75) is 6.92 Å². The van der Waals surface area contributed by atoms with Gasteiger partial charge in [-0.05, 0) is 31.2 Å². The number of hydrogen-bond acceptors (Lipinski definition) is 5. The lowest BCUT2D eigenvalue weighted by atomic mass is 10.1. The molecule has 1 heterocycles. The molecule has 0 amide bonds. The van der Waals surface area contributed by atoms with E-state index < -0.39 is 0 Å². The van der Waals surface area contributed by atoms with E-state index in [4.69, 9.17) is 4.74 Å². The molecule has 88 valence electrons. The van der Waals surface area contributed by atoms with E-state index in [9.17, 15) is 0 Å². The van der Waals surface area contributed by atoms with Gasteiger partial charge in [-0.2, -0.15) is 0 Å². The van der Waals surface area contributed by atoms with E-state index in [0.717, 1.165) is 22.8 Å². The van der Waals surface area contributed by atoms with Crippen LogP contribution in [-0.4, -0.2) is 29.3 Å². The van der Waals surface area contributed by atoms with Gasteiger partial charge in [-0.1, -0.05) is 0 Å². The van der Waals surface area contributed by atoms with Crippen molar-refractivity contribution >= 4 is 5.82 Å². The quantitative estimate of drug-likeness (QED) is 0.872. The summed E-state index contributed by atoms with van der Waals surface area (Å²) in [6.45, 7) is 1.81. The fourth-order valence-corrected chi connectivity index (χ4v) is 1.52. The number of hydrogen-bond donors (Lipinski definition) is 1. The number of nitrogens with zero attached hydrogens (tertiary/aromatic N) is 3. The minimum atomic E-state index is 0.645. The zero-order chi connectivity index (χ0) is 12.3. The molecule has 0 spiro atoms. The summed E-state index contributed by atoms with van der Waals surface area (Å²) in [5.74, 6) is 2.18. The number of aryl methyl sites for hydroxylation is 1. The number of aromatic nitrogens is 3. The normalized spacial score (nSPS) is 10.1. The van der Waals surface area contributed by atoms with Crippen LogP contribution in [0, 0.1) is 6.92 Å². The predicted molar refractivity (Wildman–Crippen MR) is 66.1 cm³/mol. The fourth-order valence-electron chi connectivity index (χ4n) is 1.52. The Balaban J connectivity index is 2.44. The smallest absolute Gasteiger partial charge is 0.156 e. The van der Waals surface area contributed by atoms with E-state index in [2.05, 4.69) is 20.5 Å². The molecule has 2 rings (SSSR count). The second-order valence-corrected chi connectivity index (χ2v) is 3.53. The van der Waals surface area contributed by atoms with Crippen molar-refractivity contribution in [3.05, 3.63) is 30.1 Å². The molecule has 0 bridgehead atoms. The Bertz CT molecular complexity index is 510. The SMILES string of the molecule is CNc1nc(C)nnc1-c1ccc(OC)cc1. The van der Waals surface area contributed by atoms with Gasteiger partial charge in [0, 0.05) is 12.6 Å². The molecule has 1 N–H and O–H groups in total. The van der Waals surface area contributed by atoms with Gasteiger partial charge in [-0.25, -0.2) is 4.98 Å². The van der Waals surface area contributed by atoms with Gasteiger partial charge in [0.15, 0.2) is 5.82 Å². The van der Waals surface area contributed by atoms with Crippen LogP contribution in [0.25, 0.3) is 11.3 Å². The Morgan fingerprint density at radius 2 is 1.82 bits per heavy atom. The first-order chi connectivity index (χ1) is 8.24. The highest BCUT2D eigenvalue weighted by molar-refractivity contribution is 5.71. The number of anilines is 1. The second kappa shape index (κ2) is 4.78. The van der Waals surface area contributed by atoms with Crippen LogP contribution >= 0.6 is 0 Å². The third-order valence-electron chi connectivity index (χ3n) is 2.39. The molecule has 0 fully saturated rings. The van der Waals surface area contributed by atoms with Crippen LogP contribution in [0.4, 0.5) is 5.82 Å². The molecule has 1 aromatic carbocycles. The third kappa shape index (κ3) is 2.33. The monoisotopic (exact) mass is 230 g/mol. The van der Waals surface area contributed by atoms with Crippen molar-refractivity contribution in [1.82, 2.24) is 15.2 Å². The Kier molecular flexibility index (Phi) is 3.18. The van der Waals surface area contributed by atoms with Gasteiger partial charge in [-0.3, -0.25) is 0 Å². The third-order valence-corrected chi connectivity index (χ3v) is 2.39. The minimum absolute atomic E-state index is 0.645. The molecule has 0 atom stereocenters. The topological polar surface area (TPSA) is 59.9 Å². The Morgan fingerprint density at radius 1 is 1.12 bits per heavy atom. The van der Waals surface area contributed by atoms with Crippen molar-refractivity contribution in [1.29, 1.82) is 0 Å². The molecule has 5 nitrogen and oxygen atoms in total. The maximum Gasteiger partial charge on any atom is 0.156 e. The van der Waals surface area contributed by atoms with Gasteiger partial charge < -0.3 is 10.1 Å². The molecule has 17 heavy (non-hydrogen) atoms. The zero-order valence-corrected chi connectivity index (χ0v) is 10.1. The van der Waals surface area contributed by atoms with Crippen LogP contribution in [-0.2, 0) is 0 Å². The highest BCUT2D eigenvalue weighted by atomic mass is 16.5. The molecule has 0 unspecified atom stereocenters. The summed E-state index contributed by atoms with van der Waals surface area (Å²) in [5.41, 5.74) is 1.69. The average Bonchev–Trinajstić information content (AvgIpc) is 2.39. The molecule has 0 aliphatic heterocycles. The molecule has 2 aromatic rings. The van der Waals surface area contributed by atoms with Gasteiger partial charge in [0.2, 0.25) is 0 Å². The van der Waals surface area contributed by atoms with Crippen molar-refractivity contribution in [2.75, 3.05) is 19.5 Å². The highest BCUT2D eigenvalue weighted by Crippen LogP contribution is 2.24. The van der Waals surface area contributed by atoms with Crippen molar-refractivity contribution in [3.8, 4) is 17.0 Å². The number of methoxy groups -OCH3 is 1. The maximum atomic E-state index is 5.11. The standard InChI is InChI=1S/C12H14N4O/c1-8-14-12(13-2)11(16-15-8)9-4-6-10(17-3)7-5-9/h4-7H,1-3H3,(H,13,14,15). The maximum absolute atomic E-state index is 5.11. The summed E-state index contributed by atoms with van der Waals surface area (Å²) >= 11 is 0. The van der Waals surface area contributed by atoms with Gasteiger partial charge in [0.1, 0.15) is 17.3 Å². The van der Waals surface area contributed by atoms with Gasteiger partial charge in [0.05, 0.1) is 7.11 Å². The van der Waals surface area contributed by atoms with E-state index >= 15 is 0 Å². The molecular formula is C12H14N4O. The molecule has 5 heteroatoms. The van der Waals surface area contributed by atoms with E-state index in [0.29, 0.717) is 5.82 Å². The van der Waals surface area contributed by atoms with Crippen LogP contribution in [0.2, 0.25) is 0 Å². The molecular weight excluding hydrogens is 216 g/mol. The molecule has 0 saturated carbocycles. The second-order valence-electron chi connectivity index (χ2n) is 3.53. The predicted octanol–water partition coefficient (Wildman–Crippen LogP) is 1.90. The number of rotatable bonds is 3. The first kappa shape index (κ1) is 11.3. The molecule has 0 radical (unpaired) electrons. The number of ether oxygens (including phenoxy) is 1. The summed E-state index contributed by atoms with van der Waals surface area (Å²) < 4.78 is 5.11. The lowest BCUT2D eigenvalue weighted by molar-refractivity contribution is 0.415. The first-order valence-corrected chi connectivity index (χ1v) is 5.28. The number of benzene rings is 1. The summed E-state index contributed by atoms with van der Waals surface area (Å²) in [6.07, 6.45) is 0. The van der Waals surface area contributed by atoms with Crippen LogP contribution in [0.1, 0.15) is 5.82 Å². The number of nitrogens with one attached hydrogen (secondary N) is 1.